The van der Waals surface area contributed by atoms with Crippen LogP contribution in [0.15, 0.2) is 36.7 Å². The first-order valence-corrected chi connectivity index (χ1v) is 5.93. The molecule has 0 spiro atoms. The van der Waals surface area contributed by atoms with Crippen LogP contribution in [0.4, 0.5) is 5.69 Å². The summed E-state index contributed by atoms with van der Waals surface area (Å²) in [6.07, 6.45) is 3.31. The van der Waals surface area contributed by atoms with Gasteiger partial charge in [-0.2, -0.15) is 0 Å². The standard InChI is InChI=1S/C13H11ClN2O2/c14-10-7-15-5-4-11(10)16-6-9-2-1-3-12-13(9)18-8-17-12/h1-5,7H,6,8H2,(H,15,16). The fourth-order valence-corrected chi connectivity index (χ4v) is 2.03. The third-order valence-corrected chi connectivity index (χ3v) is 3.02. The largest absolute Gasteiger partial charge is 0.454 e. The number of nitrogens with one attached hydrogen (secondary N) is 1. The predicted molar refractivity (Wildman–Crippen MR) is 69.1 cm³/mol. The average Bonchev–Trinajstić information content (AvgIpc) is 2.86. The molecule has 0 radical (unpaired) electrons. The lowest BCUT2D eigenvalue weighted by molar-refractivity contribution is 0.173. The molecule has 0 fully saturated rings. The van der Waals surface area contributed by atoms with Crippen LogP contribution in [-0.4, -0.2) is 11.8 Å². The third kappa shape index (κ3) is 2.07. The maximum absolute atomic E-state index is 6.03. The second kappa shape index (κ2) is 4.74. The molecule has 0 atom stereocenters. The summed E-state index contributed by atoms with van der Waals surface area (Å²) in [5.74, 6) is 1.59. The van der Waals surface area contributed by atoms with Crippen LogP contribution in [0.1, 0.15) is 5.56 Å². The molecule has 1 aliphatic rings. The van der Waals surface area contributed by atoms with Gasteiger partial charge in [-0.1, -0.05) is 23.7 Å². The van der Waals surface area contributed by atoms with Crippen molar-refractivity contribution in [2.24, 2.45) is 0 Å². The van der Waals surface area contributed by atoms with Gasteiger partial charge in [0.05, 0.1) is 10.7 Å². The number of hydrogen-bond donors (Lipinski definition) is 1. The Morgan fingerprint density at radius 3 is 3.11 bits per heavy atom. The summed E-state index contributed by atoms with van der Waals surface area (Å²) in [4.78, 5) is 3.94. The Hall–Kier alpha value is -1.94. The zero-order chi connectivity index (χ0) is 12.4. The van der Waals surface area contributed by atoms with Crippen molar-refractivity contribution in [2.45, 2.75) is 6.54 Å². The van der Waals surface area contributed by atoms with Crippen LogP contribution >= 0.6 is 11.6 Å². The Bertz CT molecular complexity index is 575. The van der Waals surface area contributed by atoms with Crippen LogP contribution in [0.2, 0.25) is 5.02 Å². The molecule has 2 heterocycles. The van der Waals surface area contributed by atoms with Gasteiger partial charge in [0.15, 0.2) is 11.5 Å². The highest BCUT2D eigenvalue weighted by atomic mass is 35.5. The summed E-state index contributed by atoms with van der Waals surface area (Å²) < 4.78 is 10.8. The normalized spacial score (nSPS) is 12.5. The number of para-hydroxylation sites is 1. The Balaban J connectivity index is 1.78. The molecular formula is C13H11ClN2O2. The molecule has 0 saturated carbocycles. The number of ether oxygens (including phenoxy) is 2. The Kier molecular flexibility index (Phi) is 2.94. The molecular weight excluding hydrogens is 252 g/mol. The number of benzene rings is 1. The minimum atomic E-state index is 0.280. The quantitative estimate of drug-likeness (QED) is 0.923. The average molecular weight is 263 g/mol. The van der Waals surface area contributed by atoms with Gasteiger partial charge in [-0.3, -0.25) is 4.98 Å². The van der Waals surface area contributed by atoms with E-state index in [-0.39, 0.29) is 6.79 Å². The third-order valence-electron chi connectivity index (χ3n) is 2.72. The number of fused-ring (bicyclic) bond motifs is 1. The van der Waals surface area contributed by atoms with Gasteiger partial charge < -0.3 is 14.8 Å². The second-order valence-corrected chi connectivity index (χ2v) is 4.27. The van der Waals surface area contributed by atoms with Crippen LogP contribution in [-0.2, 0) is 6.54 Å². The first-order chi connectivity index (χ1) is 8.84. The van der Waals surface area contributed by atoms with Gasteiger partial charge in [-0.05, 0) is 12.1 Å². The topological polar surface area (TPSA) is 43.4 Å². The van der Waals surface area contributed by atoms with Crippen LogP contribution in [0.25, 0.3) is 0 Å². The summed E-state index contributed by atoms with van der Waals surface area (Å²) in [5, 5.41) is 3.85. The molecule has 1 aliphatic heterocycles. The lowest BCUT2D eigenvalue weighted by atomic mass is 10.2. The van der Waals surface area contributed by atoms with E-state index in [0.29, 0.717) is 11.6 Å². The zero-order valence-corrected chi connectivity index (χ0v) is 10.3. The fourth-order valence-electron chi connectivity index (χ4n) is 1.84. The van der Waals surface area contributed by atoms with Crippen molar-refractivity contribution in [2.75, 3.05) is 12.1 Å². The van der Waals surface area contributed by atoms with E-state index in [1.807, 2.05) is 24.3 Å². The van der Waals surface area contributed by atoms with E-state index in [2.05, 4.69) is 10.3 Å². The van der Waals surface area contributed by atoms with Crippen molar-refractivity contribution in [1.82, 2.24) is 4.98 Å². The van der Waals surface area contributed by atoms with Crippen molar-refractivity contribution < 1.29 is 9.47 Å². The number of hydrogen-bond acceptors (Lipinski definition) is 4. The fraction of sp³-hybridized carbons (Fsp3) is 0.154. The first-order valence-electron chi connectivity index (χ1n) is 5.55. The van der Waals surface area contributed by atoms with E-state index in [9.17, 15) is 0 Å². The summed E-state index contributed by atoms with van der Waals surface area (Å²) in [7, 11) is 0. The van der Waals surface area contributed by atoms with Crippen LogP contribution in [0, 0.1) is 0 Å². The molecule has 0 unspecified atom stereocenters. The minimum absolute atomic E-state index is 0.280. The summed E-state index contributed by atoms with van der Waals surface area (Å²) in [6, 6.07) is 7.67. The summed E-state index contributed by atoms with van der Waals surface area (Å²) in [5.41, 5.74) is 1.89. The molecule has 18 heavy (non-hydrogen) atoms. The lowest BCUT2D eigenvalue weighted by Crippen LogP contribution is -2.01. The first kappa shape index (κ1) is 11.2. The molecule has 1 aromatic carbocycles. The molecule has 3 rings (SSSR count). The molecule has 2 aromatic rings. The molecule has 0 bridgehead atoms. The van der Waals surface area contributed by atoms with Gasteiger partial charge in [-0.25, -0.2) is 0 Å². The van der Waals surface area contributed by atoms with Crippen molar-refractivity contribution >= 4 is 17.3 Å². The van der Waals surface area contributed by atoms with Crippen LogP contribution in [0.3, 0.4) is 0 Å². The van der Waals surface area contributed by atoms with E-state index in [4.69, 9.17) is 21.1 Å². The Morgan fingerprint density at radius 2 is 2.22 bits per heavy atom. The van der Waals surface area contributed by atoms with Gasteiger partial charge >= 0.3 is 0 Å². The van der Waals surface area contributed by atoms with E-state index in [1.165, 1.54) is 0 Å². The van der Waals surface area contributed by atoms with Gasteiger partial charge in [0.1, 0.15) is 0 Å². The van der Waals surface area contributed by atoms with Crippen LogP contribution < -0.4 is 14.8 Å². The van der Waals surface area contributed by atoms with Gasteiger partial charge in [0, 0.05) is 24.5 Å². The number of pyridine rings is 1. The van der Waals surface area contributed by atoms with Crippen molar-refractivity contribution in [3.05, 3.63) is 47.2 Å². The summed E-state index contributed by atoms with van der Waals surface area (Å²) in [6.45, 7) is 0.901. The Labute approximate surface area is 110 Å². The van der Waals surface area contributed by atoms with Gasteiger partial charge in [0.2, 0.25) is 6.79 Å². The van der Waals surface area contributed by atoms with E-state index in [0.717, 1.165) is 22.7 Å². The number of halogens is 1. The summed E-state index contributed by atoms with van der Waals surface area (Å²) >= 11 is 6.03. The highest BCUT2D eigenvalue weighted by molar-refractivity contribution is 6.33. The van der Waals surface area contributed by atoms with E-state index < -0.39 is 0 Å². The monoisotopic (exact) mass is 262 g/mol. The van der Waals surface area contributed by atoms with Crippen molar-refractivity contribution in [1.29, 1.82) is 0 Å². The number of rotatable bonds is 3. The molecule has 0 saturated heterocycles. The number of anilines is 1. The highest BCUT2D eigenvalue weighted by Crippen LogP contribution is 2.35. The SMILES string of the molecule is Clc1cnccc1NCc1cccc2c1OCO2. The minimum Gasteiger partial charge on any atom is -0.454 e. The number of nitrogens with zero attached hydrogens (tertiary/aromatic N) is 1. The lowest BCUT2D eigenvalue weighted by Gasteiger charge is -2.09. The molecule has 4 nitrogen and oxygen atoms in total. The van der Waals surface area contributed by atoms with Crippen molar-refractivity contribution in [3.63, 3.8) is 0 Å². The van der Waals surface area contributed by atoms with Crippen molar-refractivity contribution in [3.8, 4) is 11.5 Å². The van der Waals surface area contributed by atoms with Crippen LogP contribution in [0.5, 0.6) is 11.5 Å². The maximum Gasteiger partial charge on any atom is 0.231 e. The smallest absolute Gasteiger partial charge is 0.231 e. The van der Waals surface area contributed by atoms with Gasteiger partial charge in [0.25, 0.3) is 0 Å². The highest BCUT2D eigenvalue weighted by Gasteiger charge is 2.16. The molecule has 1 N–H and O–H groups in total. The molecule has 0 aliphatic carbocycles. The molecule has 0 amide bonds. The molecule has 1 aromatic heterocycles. The second-order valence-electron chi connectivity index (χ2n) is 3.86. The molecule has 92 valence electrons. The van der Waals surface area contributed by atoms with E-state index in [1.54, 1.807) is 12.4 Å². The van der Waals surface area contributed by atoms with E-state index >= 15 is 0 Å². The molecule has 5 heteroatoms. The predicted octanol–water partition coefficient (Wildman–Crippen LogP) is 3.08. The zero-order valence-electron chi connectivity index (χ0n) is 9.52. The van der Waals surface area contributed by atoms with Gasteiger partial charge in [-0.15, -0.1) is 0 Å². The Morgan fingerprint density at radius 1 is 1.28 bits per heavy atom. The number of aromatic nitrogens is 1. The maximum atomic E-state index is 6.03.